The molecule has 5 aliphatic rings. The van der Waals surface area contributed by atoms with Gasteiger partial charge in [0.1, 0.15) is 0 Å². The van der Waals surface area contributed by atoms with Crippen LogP contribution in [0.3, 0.4) is 0 Å². The minimum absolute atomic E-state index is 0.999. The first-order valence-corrected chi connectivity index (χ1v) is 20.3. The van der Waals surface area contributed by atoms with Crippen molar-refractivity contribution in [1.29, 1.82) is 0 Å². The Kier molecular flexibility index (Phi) is 23.1. The molecular weight excluding hydrogens is 504 g/mol. The zero-order chi connectivity index (χ0) is 31.3. The van der Waals surface area contributed by atoms with E-state index < -0.39 is 0 Å². The highest BCUT2D eigenvalue weighted by Crippen LogP contribution is 2.45. The minimum Gasteiger partial charge on any atom is -0.0683 e. The van der Waals surface area contributed by atoms with Crippen molar-refractivity contribution in [2.75, 3.05) is 0 Å². The highest BCUT2D eigenvalue weighted by Gasteiger charge is 2.33. The lowest BCUT2D eigenvalue weighted by molar-refractivity contribution is 0.109. The van der Waals surface area contributed by atoms with Crippen LogP contribution in [0.2, 0.25) is 0 Å². The Morgan fingerprint density at radius 1 is 0.238 bits per heavy atom. The molecule has 3 atom stereocenters. The summed E-state index contributed by atoms with van der Waals surface area (Å²) in [5, 5.41) is 0. The van der Waals surface area contributed by atoms with Crippen LogP contribution in [-0.4, -0.2) is 0 Å². The van der Waals surface area contributed by atoms with Gasteiger partial charge in [0.05, 0.1) is 0 Å². The maximum atomic E-state index is 2.54. The monoisotopic (exact) mass is 589 g/mol. The summed E-state index contributed by atoms with van der Waals surface area (Å²) in [6.07, 6.45) is 33.4. The summed E-state index contributed by atoms with van der Waals surface area (Å²) < 4.78 is 0. The van der Waals surface area contributed by atoms with Crippen LogP contribution in [0, 0.1) is 59.2 Å². The van der Waals surface area contributed by atoms with Crippen molar-refractivity contribution in [1.82, 2.24) is 0 Å². The van der Waals surface area contributed by atoms with Crippen LogP contribution in [0.1, 0.15) is 210 Å². The molecule has 0 nitrogen and oxygen atoms in total. The van der Waals surface area contributed by atoms with E-state index in [4.69, 9.17) is 0 Å². The highest BCUT2D eigenvalue weighted by atomic mass is 14.4. The zero-order valence-electron chi connectivity index (χ0n) is 31.3. The molecule has 42 heavy (non-hydrogen) atoms. The van der Waals surface area contributed by atoms with Gasteiger partial charge in [0.25, 0.3) is 0 Å². The molecule has 0 aromatic heterocycles. The fourth-order valence-corrected chi connectivity index (χ4v) is 9.00. The molecule has 0 bridgehead atoms. The zero-order valence-corrected chi connectivity index (χ0v) is 31.3. The van der Waals surface area contributed by atoms with Gasteiger partial charge in [-0.05, 0) is 84.9 Å². The van der Waals surface area contributed by atoms with E-state index in [0.717, 1.165) is 59.2 Å². The van der Waals surface area contributed by atoms with Crippen LogP contribution in [0.4, 0.5) is 0 Å². The van der Waals surface area contributed by atoms with E-state index in [0.29, 0.717) is 0 Å². The van der Waals surface area contributed by atoms with Crippen molar-refractivity contribution >= 4 is 0 Å². The van der Waals surface area contributed by atoms with Gasteiger partial charge in [-0.1, -0.05) is 185 Å². The first-order valence-electron chi connectivity index (χ1n) is 20.3. The van der Waals surface area contributed by atoms with Crippen molar-refractivity contribution in [3.05, 3.63) is 0 Å². The Balaban J connectivity index is 0.000000361. The maximum absolute atomic E-state index is 2.54. The number of rotatable bonds is 2. The van der Waals surface area contributed by atoms with Gasteiger partial charge in [-0.3, -0.25) is 0 Å². The average molecular weight is 589 g/mol. The molecule has 5 fully saturated rings. The normalized spacial score (nSPS) is 37.7. The number of hydrogen-bond acceptors (Lipinski definition) is 0. The third kappa shape index (κ3) is 16.9. The molecule has 0 heteroatoms. The van der Waals surface area contributed by atoms with E-state index >= 15 is 0 Å². The van der Waals surface area contributed by atoms with Gasteiger partial charge in [-0.2, -0.15) is 0 Å². The Morgan fingerprint density at radius 2 is 0.571 bits per heavy atom. The predicted octanol–water partition coefficient (Wildman–Crippen LogP) is 14.9. The van der Waals surface area contributed by atoms with Crippen molar-refractivity contribution in [2.24, 2.45) is 59.2 Å². The molecule has 5 aliphatic carbocycles. The summed E-state index contributed by atoms with van der Waals surface area (Å²) >= 11 is 0. The van der Waals surface area contributed by atoms with Gasteiger partial charge in [-0.25, -0.2) is 0 Å². The smallest absolute Gasteiger partial charge is 0.0381 e. The quantitative estimate of drug-likeness (QED) is 0.301. The largest absolute Gasteiger partial charge is 0.0683 e. The Morgan fingerprint density at radius 3 is 0.976 bits per heavy atom. The topological polar surface area (TPSA) is 0 Å². The van der Waals surface area contributed by atoms with Crippen molar-refractivity contribution in [3.63, 3.8) is 0 Å². The van der Waals surface area contributed by atoms with Crippen LogP contribution in [0.5, 0.6) is 0 Å². The molecule has 0 aromatic rings. The van der Waals surface area contributed by atoms with Gasteiger partial charge in [-0.15, -0.1) is 0 Å². The average Bonchev–Trinajstić information content (AvgIpc) is 3.01. The van der Waals surface area contributed by atoms with Gasteiger partial charge >= 0.3 is 0 Å². The Labute approximate surface area is 269 Å². The van der Waals surface area contributed by atoms with Crippen LogP contribution in [0.25, 0.3) is 0 Å². The van der Waals surface area contributed by atoms with Crippen LogP contribution in [0.15, 0.2) is 0 Å². The SMILES string of the molecule is CC.CC.CC1CCC(C)CC1.CC1CCC(C)CC1.CC1CCC([C@H]2CCCC(C)C[C@@H](C3CCCCC3)C2)CC1. The molecule has 5 saturated carbocycles. The molecule has 0 N–H and O–H groups in total. The third-order valence-corrected chi connectivity index (χ3v) is 12.2. The van der Waals surface area contributed by atoms with E-state index in [1.807, 2.05) is 27.7 Å². The number of hydrogen-bond donors (Lipinski definition) is 0. The molecule has 0 amide bonds. The van der Waals surface area contributed by atoms with E-state index in [1.54, 1.807) is 44.9 Å². The fraction of sp³-hybridized carbons (Fsp3) is 1.00. The summed E-state index contributed by atoms with van der Waals surface area (Å²) in [6.45, 7) is 22.5. The maximum Gasteiger partial charge on any atom is -0.0381 e. The summed E-state index contributed by atoms with van der Waals surface area (Å²) in [5.41, 5.74) is 0. The summed E-state index contributed by atoms with van der Waals surface area (Å²) in [4.78, 5) is 0. The van der Waals surface area contributed by atoms with E-state index in [9.17, 15) is 0 Å². The second-order valence-electron chi connectivity index (χ2n) is 16.2. The van der Waals surface area contributed by atoms with E-state index in [-0.39, 0.29) is 0 Å². The fourth-order valence-electron chi connectivity index (χ4n) is 9.00. The molecule has 1 unspecified atom stereocenters. The highest BCUT2D eigenvalue weighted by molar-refractivity contribution is 4.84. The Bertz CT molecular complexity index is 523. The van der Waals surface area contributed by atoms with Gasteiger partial charge in [0.2, 0.25) is 0 Å². The van der Waals surface area contributed by atoms with Gasteiger partial charge in [0, 0.05) is 0 Å². The predicted molar refractivity (Wildman–Crippen MR) is 193 cm³/mol. The molecule has 5 rings (SSSR count). The Hall–Kier alpha value is 0. The molecule has 0 heterocycles. The standard InChI is InChI=1S/C22H40.2C8H16.2C2H6/c1-17-11-13-20(14-12-17)21-10-6-7-18(2)15-22(16-21)19-8-4-3-5-9-19;2*1-7-3-5-8(2)6-4-7;2*1-2/h17-22H,3-16H2,1-2H3;2*7-8H,3-6H2,1-2H3;2*1-2H3/t17?,18?,20?,21-,22+;;;;/m0..../s1. The second kappa shape index (κ2) is 24.3. The van der Waals surface area contributed by atoms with Gasteiger partial charge in [0.15, 0.2) is 0 Å². The first kappa shape index (κ1) is 40.0. The lowest BCUT2D eigenvalue weighted by Gasteiger charge is -2.40. The summed E-state index contributed by atoms with van der Waals surface area (Å²) in [5.74, 6) is 10.5. The lowest BCUT2D eigenvalue weighted by Crippen LogP contribution is -2.29. The van der Waals surface area contributed by atoms with Crippen molar-refractivity contribution in [2.45, 2.75) is 210 Å². The second-order valence-corrected chi connectivity index (χ2v) is 16.2. The molecular formula is C42H84. The van der Waals surface area contributed by atoms with Gasteiger partial charge < -0.3 is 0 Å². The van der Waals surface area contributed by atoms with Crippen LogP contribution in [-0.2, 0) is 0 Å². The molecule has 0 aromatic carbocycles. The summed E-state index contributed by atoms with van der Waals surface area (Å²) in [7, 11) is 0. The molecule has 0 aliphatic heterocycles. The van der Waals surface area contributed by atoms with Crippen LogP contribution < -0.4 is 0 Å². The van der Waals surface area contributed by atoms with E-state index in [2.05, 4.69) is 41.5 Å². The van der Waals surface area contributed by atoms with Crippen LogP contribution >= 0.6 is 0 Å². The minimum atomic E-state index is 0.999. The van der Waals surface area contributed by atoms with E-state index in [1.165, 1.54) is 96.3 Å². The molecule has 0 spiro atoms. The summed E-state index contributed by atoms with van der Waals surface area (Å²) in [6, 6.07) is 0. The molecule has 252 valence electrons. The first-order chi connectivity index (χ1) is 20.3. The van der Waals surface area contributed by atoms with Crippen molar-refractivity contribution in [3.8, 4) is 0 Å². The van der Waals surface area contributed by atoms with Crippen molar-refractivity contribution < 1.29 is 0 Å². The molecule has 0 saturated heterocycles. The third-order valence-electron chi connectivity index (χ3n) is 12.2. The molecule has 0 radical (unpaired) electrons. The lowest BCUT2D eigenvalue weighted by atomic mass is 9.65.